The third kappa shape index (κ3) is 12.3. The number of aryl methyl sites for hydroxylation is 1. The number of fused-ring (bicyclic) bond motifs is 5. The van der Waals surface area contributed by atoms with Crippen molar-refractivity contribution >= 4 is 40.2 Å². The minimum atomic E-state index is -2.69. The molecule has 1 heterocycles. The van der Waals surface area contributed by atoms with E-state index in [0.717, 1.165) is 64.5 Å². The van der Waals surface area contributed by atoms with Crippen LogP contribution in [0.5, 0.6) is 5.75 Å². The van der Waals surface area contributed by atoms with E-state index in [-0.39, 0.29) is 17.9 Å². The number of amides is 1. The molecule has 0 bridgehead atoms. The molecule has 4 radical (unpaired) electrons. The maximum absolute atomic E-state index is 12.7. The number of alkyl halides is 2. The Morgan fingerprint density at radius 3 is 2.24 bits per heavy atom. The zero-order chi connectivity index (χ0) is 37.2. The van der Waals surface area contributed by atoms with Crippen LogP contribution in [0, 0.1) is 22.7 Å². The molecule has 0 N–H and O–H groups in total. The van der Waals surface area contributed by atoms with Crippen molar-refractivity contribution in [3.05, 3.63) is 29.3 Å². The van der Waals surface area contributed by atoms with Crippen LogP contribution in [0.4, 0.5) is 13.6 Å². The van der Waals surface area contributed by atoms with E-state index in [1.165, 1.54) is 17.5 Å². The van der Waals surface area contributed by atoms with Gasteiger partial charge in [0, 0.05) is 31.0 Å². The Morgan fingerprint density at radius 1 is 1.10 bits per heavy atom. The van der Waals surface area contributed by atoms with Gasteiger partial charge in [-0.3, -0.25) is 9.18 Å². The Labute approximate surface area is 305 Å². The van der Waals surface area contributed by atoms with E-state index < -0.39 is 11.6 Å². The van der Waals surface area contributed by atoms with Crippen molar-refractivity contribution in [1.82, 2.24) is 9.80 Å². The van der Waals surface area contributed by atoms with Crippen LogP contribution in [0.15, 0.2) is 18.2 Å². The average molecular weight is 701 g/mol. The van der Waals surface area contributed by atoms with Gasteiger partial charge in [-0.05, 0) is 124 Å². The molecule has 274 valence electrons. The number of carbonyl (C=O) groups is 2. The highest BCUT2D eigenvalue weighted by atomic mass is 32.1. The quantitative estimate of drug-likeness (QED) is 0.238. The van der Waals surface area contributed by atoms with E-state index in [4.69, 9.17) is 4.74 Å². The lowest BCUT2D eigenvalue weighted by atomic mass is 9.55. The fraction of sp³-hybridized carbons (Fsp3) is 0.795. The molecule has 1 aromatic carbocycles. The topological polar surface area (TPSA) is 49.9 Å². The van der Waals surface area contributed by atoms with Crippen molar-refractivity contribution in [3.63, 3.8) is 0 Å². The maximum atomic E-state index is 12.7. The van der Waals surface area contributed by atoms with Crippen LogP contribution in [0.25, 0.3) is 0 Å². The van der Waals surface area contributed by atoms with E-state index in [2.05, 4.69) is 94.1 Å². The number of Topliss-reactive ketones (excluding diaryl/α,β-unsaturated/α-hetero) is 1. The molecule has 3 aliphatic carbocycles. The first kappa shape index (κ1) is 43.6. The second kappa shape index (κ2) is 19.3. The highest BCUT2D eigenvalue weighted by molar-refractivity contribution is 7.80. The summed E-state index contributed by atoms with van der Waals surface area (Å²) in [4.78, 5) is 29.3. The van der Waals surface area contributed by atoms with Crippen LogP contribution in [0.2, 0.25) is 0 Å². The number of piperidine rings is 1. The average Bonchev–Trinajstić information content (AvgIpc) is 3.37. The van der Waals surface area contributed by atoms with Crippen molar-refractivity contribution in [2.45, 2.75) is 143 Å². The number of ketones is 1. The lowest BCUT2D eigenvalue weighted by Crippen LogP contribution is -2.45. The van der Waals surface area contributed by atoms with Gasteiger partial charge in [-0.2, -0.15) is 12.6 Å². The maximum Gasteiger partial charge on any atom is 0.415 e. The van der Waals surface area contributed by atoms with Gasteiger partial charge < -0.3 is 14.5 Å². The molecular weight excluding hydrogens is 636 g/mol. The number of thiol groups is 1. The van der Waals surface area contributed by atoms with Crippen LogP contribution in [-0.2, 0) is 11.2 Å². The fourth-order valence-electron chi connectivity index (χ4n) is 7.62. The second-order valence-corrected chi connectivity index (χ2v) is 16.3. The second-order valence-electron chi connectivity index (χ2n) is 15.8. The largest absolute Gasteiger partial charge is 0.415 e. The number of halogens is 2. The van der Waals surface area contributed by atoms with E-state index in [0.29, 0.717) is 52.9 Å². The molecule has 1 amide bonds. The summed E-state index contributed by atoms with van der Waals surface area (Å²) in [5.41, 5.74) is 0.548. The number of hydrogen-bond donors (Lipinski definition) is 1. The molecule has 3 fully saturated rings. The first-order valence-electron chi connectivity index (χ1n) is 18.7. The number of carbonyl (C=O) groups excluding carboxylic acids is 2. The Hall–Kier alpha value is -1.54. The minimum absolute atomic E-state index is 0.0208. The van der Waals surface area contributed by atoms with Crippen LogP contribution in [0.3, 0.4) is 0 Å². The standard InChI is InChI=1S/C26H36N2O3.C6H14.C5H8B2F2S.C2H6/c1-26-13-10-21-20-7-5-19(31-25(30)28-14-11-18(12-15-28)27(2)3)16-17(20)4-6-22(21)23(26)8-9-24(26)29;1-5-6(2,3)4;6-5(7,9)4(8)2-1-3-10;1-2/h5,7,16,18,21-23H,4,6,8-15H2,1-3H3;5H2,1-4H3;4,10H,1-3H2;1-2H3. The van der Waals surface area contributed by atoms with Crippen LogP contribution in [0.1, 0.15) is 130 Å². The molecule has 0 spiro atoms. The Bertz CT molecular complexity index is 1180. The molecular formula is C39H64B2F2N2O3S. The highest BCUT2D eigenvalue weighted by Gasteiger charge is 2.54. The summed E-state index contributed by atoms with van der Waals surface area (Å²) in [6, 6.07) is 6.84. The summed E-state index contributed by atoms with van der Waals surface area (Å²) in [7, 11) is 13.5. The zero-order valence-electron chi connectivity index (χ0n) is 32.0. The van der Waals surface area contributed by atoms with Crippen molar-refractivity contribution in [2.75, 3.05) is 32.9 Å². The Kier molecular flexibility index (Phi) is 17.2. The van der Waals surface area contributed by atoms with Gasteiger partial charge in [0.25, 0.3) is 0 Å². The predicted octanol–water partition coefficient (Wildman–Crippen LogP) is 9.10. The molecule has 10 heteroatoms. The molecule has 1 aliphatic heterocycles. The minimum Gasteiger partial charge on any atom is -0.410 e. The summed E-state index contributed by atoms with van der Waals surface area (Å²) in [6.45, 7) is 16.7. The molecule has 5 atom stereocenters. The molecule has 1 aromatic rings. The zero-order valence-corrected chi connectivity index (χ0v) is 32.9. The van der Waals surface area contributed by atoms with Gasteiger partial charge in [0.1, 0.15) is 33.4 Å². The van der Waals surface area contributed by atoms with Gasteiger partial charge in [-0.15, -0.1) is 0 Å². The van der Waals surface area contributed by atoms with Gasteiger partial charge in [0.2, 0.25) is 0 Å². The van der Waals surface area contributed by atoms with Gasteiger partial charge in [-0.25, -0.2) is 9.18 Å². The lowest BCUT2D eigenvalue weighted by Gasteiger charge is -2.48. The van der Waals surface area contributed by atoms with Crippen molar-refractivity contribution in [1.29, 1.82) is 0 Å². The Morgan fingerprint density at radius 2 is 1.71 bits per heavy atom. The number of hydrogen-bond acceptors (Lipinski definition) is 5. The van der Waals surface area contributed by atoms with Crippen molar-refractivity contribution in [2.24, 2.45) is 22.7 Å². The Balaban J connectivity index is 0.000000385. The lowest BCUT2D eigenvalue weighted by molar-refractivity contribution is -0.129. The summed E-state index contributed by atoms with van der Waals surface area (Å²) >= 11 is 3.82. The normalized spacial score (nSPS) is 25.6. The van der Waals surface area contributed by atoms with Gasteiger partial charge in [0.15, 0.2) is 0 Å². The smallest absolute Gasteiger partial charge is 0.410 e. The molecule has 4 aliphatic rings. The number of rotatable bonds is 6. The molecule has 49 heavy (non-hydrogen) atoms. The molecule has 1 saturated heterocycles. The molecule has 2 saturated carbocycles. The van der Waals surface area contributed by atoms with Crippen LogP contribution in [-0.4, -0.2) is 88.0 Å². The van der Waals surface area contributed by atoms with Gasteiger partial charge in [0.05, 0.1) is 5.47 Å². The first-order chi connectivity index (χ1) is 22.9. The SMILES string of the molecule is CC.CCC(C)(C)C.CN(C)C1CCN(C(=O)Oc2ccc3c(c2)CCC2C3CCC3(C)C(=O)CCC23)CC1.[B]C([B])(F)C(F)CCCS. The number of ether oxygens (including phenoxy) is 1. The van der Waals surface area contributed by atoms with Crippen LogP contribution >= 0.6 is 12.6 Å². The van der Waals surface area contributed by atoms with E-state index in [1.807, 2.05) is 24.8 Å². The number of benzene rings is 1. The molecule has 5 nitrogen and oxygen atoms in total. The fourth-order valence-corrected chi connectivity index (χ4v) is 7.80. The van der Waals surface area contributed by atoms with E-state index in [9.17, 15) is 18.4 Å². The summed E-state index contributed by atoms with van der Waals surface area (Å²) in [5, 5.41) is 0. The number of nitrogens with zero attached hydrogens (tertiary/aromatic N) is 2. The molecule has 5 unspecified atom stereocenters. The summed E-state index contributed by atoms with van der Waals surface area (Å²) < 4.78 is 30.5. The monoisotopic (exact) mass is 700 g/mol. The van der Waals surface area contributed by atoms with Crippen LogP contribution < -0.4 is 4.74 Å². The highest BCUT2D eigenvalue weighted by Crippen LogP contribution is 2.59. The number of likely N-dealkylation sites (tertiary alicyclic amines) is 1. The van der Waals surface area contributed by atoms with E-state index in [1.54, 1.807) is 0 Å². The predicted molar refractivity (Wildman–Crippen MR) is 205 cm³/mol. The van der Waals surface area contributed by atoms with Gasteiger partial charge in [-0.1, -0.05) is 61.0 Å². The third-order valence-electron chi connectivity index (χ3n) is 11.2. The van der Waals surface area contributed by atoms with E-state index >= 15 is 0 Å². The molecule has 5 rings (SSSR count). The summed E-state index contributed by atoms with van der Waals surface area (Å²) in [6.07, 6.45) is 7.91. The van der Waals surface area contributed by atoms with Crippen molar-refractivity contribution < 1.29 is 23.1 Å². The van der Waals surface area contributed by atoms with Crippen molar-refractivity contribution in [3.8, 4) is 5.75 Å². The van der Waals surface area contributed by atoms with Gasteiger partial charge >= 0.3 is 6.09 Å². The first-order valence-corrected chi connectivity index (χ1v) is 19.3. The third-order valence-corrected chi connectivity index (χ3v) is 11.5. The molecule has 0 aromatic heterocycles. The summed E-state index contributed by atoms with van der Waals surface area (Å²) in [5.74, 6) is 3.42.